The van der Waals surface area contributed by atoms with E-state index in [0.29, 0.717) is 82.6 Å². The number of ether oxygens (including phenoxy) is 4. The van der Waals surface area contributed by atoms with Gasteiger partial charge in [-0.2, -0.15) is 0 Å². The summed E-state index contributed by atoms with van der Waals surface area (Å²) in [6, 6.07) is 11.0. The molecule has 9 rings (SSSR count). The molecule has 2 bridgehead atoms. The smallest absolute Gasteiger partial charge is 0.344 e. The molecular formula is C46H58N4O9. The number of aromatic nitrogens is 1. The summed E-state index contributed by atoms with van der Waals surface area (Å²) in [5, 5.41) is 26.3. The van der Waals surface area contributed by atoms with Crippen LogP contribution in [0.15, 0.2) is 48.6 Å². The number of benzene rings is 2. The van der Waals surface area contributed by atoms with Gasteiger partial charge in [0.25, 0.3) is 0 Å². The Morgan fingerprint density at radius 3 is 2.41 bits per heavy atom. The maximum Gasteiger partial charge on any atom is 0.344 e. The summed E-state index contributed by atoms with van der Waals surface area (Å²) in [5.41, 5.74) is -1.62. The van der Waals surface area contributed by atoms with Crippen molar-refractivity contribution in [2.75, 3.05) is 66.0 Å². The van der Waals surface area contributed by atoms with Crippen LogP contribution in [0.3, 0.4) is 0 Å². The Morgan fingerprint density at radius 2 is 1.71 bits per heavy atom. The lowest BCUT2D eigenvalue weighted by Crippen LogP contribution is -2.81. The van der Waals surface area contributed by atoms with E-state index in [9.17, 15) is 19.8 Å². The highest BCUT2D eigenvalue weighted by atomic mass is 16.6. The number of likely N-dealkylation sites (N-methyl/N-ethyl adjacent to an activating group) is 1. The molecule has 5 aliphatic heterocycles. The Morgan fingerprint density at radius 1 is 0.949 bits per heavy atom. The summed E-state index contributed by atoms with van der Waals surface area (Å²) in [4.78, 5) is 53.2. The highest BCUT2D eigenvalue weighted by molar-refractivity contribution is 5.95. The minimum Gasteiger partial charge on any atom is -0.496 e. The largest absolute Gasteiger partial charge is 0.496 e. The zero-order valence-corrected chi connectivity index (χ0v) is 35.3. The van der Waals surface area contributed by atoms with E-state index in [2.05, 4.69) is 39.1 Å². The Balaban J connectivity index is 1.36. The molecule has 2 aromatic carbocycles. The van der Waals surface area contributed by atoms with Gasteiger partial charge in [0.1, 0.15) is 11.2 Å². The first-order valence-electron chi connectivity index (χ1n) is 21.2. The number of esters is 3. The maximum absolute atomic E-state index is 15.3. The van der Waals surface area contributed by atoms with E-state index in [1.807, 2.05) is 50.1 Å². The standard InChI is InChI=1S/C46H58N4O9/c1-8-42(54)23-28-24-45(40(52)57-6,36-30(15-19-49(25-28)26-42)29-13-10-11-14-33(29)47-36)32-21-31-34(22-35(32)56-5)48(4)38-44(31)17-20-50-18-12-16-43(9-2,37(44)50)39(59-27(3)51)46(38,55)41(53)58-7/h10-14,16,21-22,28,37-39,47,54-55H,8-9,15,17-20,23-26H2,1-7H3/t28-,37+,38-,39-,42?,43-,44?,45+,46+/m1/s1. The van der Waals surface area contributed by atoms with Gasteiger partial charge in [0.15, 0.2) is 6.10 Å². The second-order valence-corrected chi connectivity index (χ2v) is 18.2. The van der Waals surface area contributed by atoms with E-state index >= 15 is 4.79 Å². The van der Waals surface area contributed by atoms with Crippen molar-refractivity contribution in [1.29, 1.82) is 0 Å². The number of methoxy groups -OCH3 is 3. The molecule has 59 heavy (non-hydrogen) atoms. The Kier molecular flexibility index (Phi) is 9.36. The number of carbonyl (C=O) groups is 3. The molecule has 1 aliphatic carbocycles. The van der Waals surface area contributed by atoms with E-state index < -0.39 is 57.5 Å². The average Bonchev–Trinajstić information content (AvgIpc) is 3.90. The van der Waals surface area contributed by atoms with Gasteiger partial charge in [-0.25, -0.2) is 4.79 Å². The van der Waals surface area contributed by atoms with Crippen LogP contribution in [-0.2, 0) is 45.8 Å². The van der Waals surface area contributed by atoms with Gasteiger partial charge < -0.3 is 39.0 Å². The zero-order chi connectivity index (χ0) is 41.9. The van der Waals surface area contributed by atoms with E-state index in [4.69, 9.17) is 18.9 Å². The zero-order valence-electron chi connectivity index (χ0n) is 35.3. The van der Waals surface area contributed by atoms with Gasteiger partial charge in [-0.15, -0.1) is 0 Å². The molecule has 1 saturated carbocycles. The fourth-order valence-electron chi connectivity index (χ4n) is 13.5. The third-order valence-electron chi connectivity index (χ3n) is 15.6. The molecule has 0 radical (unpaired) electrons. The second-order valence-electron chi connectivity index (χ2n) is 18.2. The van der Waals surface area contributed by atoms with Crippen LogP contribution in [0.25, 0.3) is 10.9 Å². The van der Waals surface area contributed by atoms with Crippen molar-refractivity contribution in [3.63, 3.8) is 0 Å². The number of rotatable bonds is 7. The van der Waals surface area contributed by atoms with Crippen molar-refractivity contribution < 1.29 is 43.5 Å². The normalized spacial score (nSPS) is 37.0. The number of para-hydroxylation sites is 1. The first kappa shape index (κ1) is 40.0. The lowest BCUT2D eigenvalue weighted by atomic mass is 9.47. The van der Waals surface area contributed by atoms with Gasteiger partial charge in [0.05, 0.1) is 33.0 Å². The van der Waals surface area contributed by atoms with Crippen molar-refractivity contribution in [3.05, 3.63) is 70.9 Å². The van der Waals surface area contributed by atoms with Crippen LogP contribution in [0.5, 0.6) is 5.75 Å². The average molecular weight is 811 g/mol. The number of nitrogens with one attached hydrogen (secondary N) is 1. The van der Waals surface area contributed by atoms with Crippen LogP contribution in [0.1, 0.15) is 75.3 Å². The Bertz CT molecular complexity index is 2260. The van der Waals surface area contributed by atoms with E-state index in [1.165, 1.54) is 21.1 Å². The number of fused-ring (bicyclic) bond motifs is 6. The van der Waals surface area contributed by atoms with E-state index in [0.717, 1.165) is 33.4 Å². The van der Waals surface area contributed by atoms with Crippen molar-refractivity contribution in [1.82, 2.24) is 14.8 Å². The maximum atomic E-state index is 15.3. The first-order valence-corrected chi connectivity index (χ1v) is 21.2. The molecule has 13 heteroatoms. The minimum atomic E-state index is -2.30. The van der Waals surface area contributed by atoms with Gasteiger partial charge in [-0.3, -0.25) is 19.4 Å². The minimum absolute atomic E-state index is 0.0986. The number of nitrogens with zero attached hydrogens (tertiary/aromatic N) is 3. The third kappa shape index (κ3) is 5.20. The number of H-pyrrole nitrogens is 1. The molecule has 1 aromatic heterocycles. The van der Waals surface area contributed by atoms with Crippen molar-refractivity contribution in [3.8, 4) is 5.75 Å². The van der Waals surface area contributed by atoms with Crippen molar-refractivity contribution in [2.24, 2.45) is 11.3 Å². The molecule has 6 aliphatic rings. The van der Waals surface area contributed by atoms with Gasteiger partial charge in [-0.1, -0.05) is 44.2 Å². The summed E-state index contributed by atoms with van der Waals surface area (Å²) >= 11 is 0. The predicted octanol–water partition coefficient (Wildman–Crippen LogP) is 3.99. The molecular weight excluding hydrogens is 753 g/mol. The fraction of sp³-hybridized carbons (Fsp3) is 0.587. The molecule has 6 heterocycles. The lowest BCUT2D eigenvalue weighted by Gasteiger charge is -2.63. The number of anilines is 1. The van der Waals surface area contributed by atoms with Crippen LogP contribution >= 0.6 is 0 Å². The molecule has 0 amide bonds. The number of hydrogen-bond acceptors (Lipinski definition) is 12. The first-order chi connectivity index (χ1) is 28.2. The molecule has 3 aromatic rings. The predicted molar refractivity (Wildman–Crippen MR) is 220 cm³/mol. The molecule has 3 fully saturated rings. The van der Waals surface area contributed by atoms with Crippen molar-refractivity contribution >= 4 is 34.5 Å². The summed E-state index contributed by atoms with van der Waals surface area (Å²) < 4.78 is 23.9. The fourth-order valence-corrected chi connectivity index (χ4v) is 13.5. The van der Waals surface area contributed by atoms with Gasteiger partial charge in [0, 0.05) is 90.9 Å². The van der Waals surface area contributed by atoms with Crippen LogP contribution in [0.2, 0.25) is 0 Å². The number of carbonyl (C=O) groups excluding carboxylic acids is 3. The Hall–Kier alpha value is -4.43. The quantitative estimate of drug-likeness (QED) is 0.180. The van der Waals surface area contributed by atoms with Crippen LogP contribution in [0, 0.1) is 11.3 Å². The SMILES string of the molecule is CCC1(O)C[C@H]2CN(CCc3c([nH]c4ccccc34)[C@@](C(=O)OC)(c3cc4c(cc3OC)N(C)[C@@H]3C45CCN4CC=C[C@](CC)([C@H]45)[C@@H](OC(C)=O)[C@]3(O)C(=O)OC)C2)C1. The van der Waals surface area contributed by atoms with E-state index in [-0.39, 0.29) is 12.0 Å². The van der Waals surface area contributed by atoms with Gasteiger partial charge in [0.2, 0.25) is 5.60 Å². The summed E-state index contributed by atoms with van der Waals surface area (Å²) in [7, 11) is 6.15. The lowest BCUT2D eigenvalue weighted by molar-refractivity contribution is -0.228. The highest BCUT2D eigenvalue weighted by Gasteiger charge is 2.80. The molecule has 13 nitrogen and oxygen atoms in total. The number of aliphatic hydroxyl groups is 2. The highest BCUT2D eigenvalue weighted by Crippen LogP contribution is 2.68. The summed E-state index contributed by atoms with van der Waals surface area (Å²) in [6.45, 7) is 8.62. The van der Waals surface area contributed by atoms with Crippen molar-refractivity contribution in [2.45, 2.75) is 99.5 Å². The van der Waals surface area contributed by atoms with Gasteiger partial charge in [-0.05, 0) is 74.2 Å². The Labute approximate surface area is 345 Å². The van der Waals surface area contributed by atoms with Crippen LogP contribution in [0.4, 0.5) is 5.69 Å². The third-order valence-corrected chi connectivity index (χ3v) is 15.6. The molecule has 316 valence electrons. The summed E-state index contributed by atoms with van der Waals surface area (Å²) in [5.74, 6) is -1.56. The van der Waals surface area contributed by atoms with Crippen LogP contribution in [-0.4, -0.2) is 133 Å². The summed E-state index contributed by atoms with van der Waals surface area (Å²) in [6.07, 6.45) is 5.94. The monoisotopic (exact) mass is 810 g/mol. The van der Waals surface area contributed by atoms with Gasteiger partial charge >= 0.3 is 17.9 Å². The molecule has 3 N–H and O–H groups in total. The topological polar surface area (TPSA) is 154 Å². The molecule has 10 atom stereocenters. The van der Waals surface area contributed by atoms with E-state index in [1.54, 1.807) is 7.11 Å². The molecule has 1 spiro atoms. The molecule has 2 saturated heterocycles. The van der Waals surface area contributed by atoms with Crippen LogP contribution < -0.4 is 9.64 Å². The number of hydrogen-bond donors (Lipinski definition) is 3. The molecule has 3 unspecified atom stereocenters. The number of piperidine rings is 1. The number of aromatic amines is 1. The second kappa shape index (κ2) is 13.8.